The maximum absolute atomic E-state index is 11.0. The minimum absolute atomic E-state index is 0.0186. The highest BCUT2D eigenvalue weighted by molar-refractivity contribution is 7.90. The molecule has 0 aliphatic rings. The van der Waals surface area contributed by atoms with Crippen LogP contribution in [-0.4, -0.2) is 8.42 Å². The quantitative estimate of drug-likeness (QED) is 0.620. The molecular weight excluding hydrogens is 216 g/mol. The van der Waals surface area contributed by atoms with Crippen molar-refractivity contribution in [3.05, 3.63) is 29.2 Å². The summed E-state index contributed by atoms with van der Waals surface area (Å²) < 4.78 is 23.7. The molecule has 0 spiro atoms. The predicted octanol–water partition coefficient (Wildman–Crippen LogP) is 1.52. The summed E-state index contributed by atoms with van der Waals surface area (Å²) in [7, 11) is -3.65. The molecule has 1 aromatic carbocycles. The molecule has 0 saturated heterocycles. The first-order valence-electron chi connectivity index (χ1n) is 3.16. The van der Waals surface area contributed by atoms with Gasteiger partial charge in [-0.15, -0.1) is 9.15 Å². The fraction of sp³-hybridized carbons (Fsp3) is 0. The van der Waals surface area contributed by atoms with E-state index in [4.69, 9.17) is 11.8 Å². The van der Waals surface area contributed by atoms with Crippen molar-refractivity contribution >= 4 is 27.5 Å². The molecular formula is C6H5ClN2O3S. The third-order valence-electron chi connectivity index (χ3n) is 1.35. The molecule has 5 nitrogen and oxygen atoms in total. The molecule has 7 heteroatoms. The van der Waals surface area contributed by atoms with Crippen molar-refractivity contribution in [2.24, 2.45) is 5.18 Å². The number of hydrogen-bond donors (Lipinski definition) is 1. The second-order valence-corrected chi connectivity index (χ2v) is 4.26. The van der Waals surface area contributed by atoms with Crippen LogP contribution in [0.1, 0.15) is 0 Å². The van der Waals surface area contributed by atoms with E-state index in [1.54, 1.807) is 4.24 Å². The maximum Gasteiger partial charge on any atom is 0.253 e. The van der Waals surface area contributed by atoms with E-state index in [-0.39, 0.29) is 10.6 Å². The van der Waals surface area contributed by atoms with Gasteiger partial charge in [0, 0.05) is 0 Å². The molecule has 0 fully saturated rings. The Balaban J connectivity index is 3.13. The van der Waals surface area contributed by atoms with E-state index in [9.17, 15) is 13.3 Å². The van der Waals surface area contributed by atoms with Gasteiger partial charge in [0.15, 0.2) is 0 Å². The minimum Gasteiger partial charge on any atom is -0.206 e. The molecule has 0 saturated carbocycles. The van der Waals surface area contributed by atoms with E-state index in [1.807, 2.05) is 0 Å². The molecule has 1 N–H and O–H groups in total. The fourth-order valence-electron chi connectivity index (χ4n) is 0.731. The number of nitroso groups, excluding NO2 is 1. The standard InChI is InChI=1S/C6H5ClN2O3S/c7-9-13(11,12)6-3-1-5(8-10)2-4-6/h1-4,9H. The second kappa shape index (κ2) is 3.82. The van der Waals surface area contributed by atoms with Crippen LogP contribution in [0.25, 0.3) is 0 Å². The summed E-state index contributed by atoms with van der Waals surface area (Å²) >= 11 is 4.98. The van der Waals surface area contributed by atoms with Crippen LogP contribution in [0.5, 0.6) is 0 Å². The van der Waals surface area contributed by atoms with Gasteiger partial charge in [-0.25, -0.2) is 8.42 Å². The Morgan fingerprint density at radius 2 is 1.77 bits per heavy atom. The van der Waals surface area contributed by atoms with Crippen molar-refractivity contribution in [1.82, 2.24) is 4.24 Å². The van der Waals surface area contributed by atoms with Crippen molar-refractivity contribution in [3.8, 4) is 0 Å². The van der Waals surface area contributed by atoms with E-state index >= 15 is 0 Å². The zero-order chi connectivity index (χ0) is 9.90. The number of nitrogens with zero attached hydrogens (tertiary/aromatic N) is 1. The smallest absolute Gasteiger partial charge is 0.206 e. The van der Waals surface area contributed by atoms with Crippen molar-refractivity contribution in [3.63, 3.8) is 0 Å². The number of sulfonamides is 1. The molecule has 0 aromatic heterocycles. The first-order chi connectivity index (χ1) is 6.10. The van der Waals surface area contributed by atoms with Crippen LogP contribution in [-0.2, 0) is 10.0 Å². The Bertz CT molecular complexity index is 400. The summed E-state index contributed by atoms with van der Waals surface area (Å²) in [6.07, 6.45) is 0. The Labute approximate surface area is 79.9 Å². The Morgan fingerprint density at radius 1 is 1.23 bits per heavy atom. The first-order valence-corrected chi connectivity index (χ1v) is 5.02. The normalized spacial score (nSPS) is 11.2. The summed E-state index contributed by atoms with van der Waals surface area (Å²) in [5.74, 6) is 0. The van der Waals surface area contributed by atoms with E-state index in [0.29, 0.717) is 0 Å². The second-order valence-electron chi connectivity index (χ2n) is 2.17. The molecule has 0 amide bonds. The van der Waals surface area contributed by atoms with Gasteiger partial charge >= 0.3 is 0 Å². The van der Waals surface area contributed by atoms with Gasteiger partial charge in [-0.05, 0) is 41.2 Å². The molecule has 0 heterocycles. The SMILES string of the molecule is O=Nc1ccc(S(=O)(=O)NCl)cc1. The van der Waals surface area contributed by atoms with Crippen molar-refractivity contribution in [1.29, 1.82) is 0 Å². The van der Waals surface area contributed by atoms with E-state index in [2.05, 4.69) is 5.18 Å². The zero-order valence-corrected chi connectivity index (χ0v) is 7.84. The minimum atomic E-state index is -3.65. The highest BCUT2D eigenvalue weighted by atomic mass is 35.5. The molecule has 0 aliphatic heterocycles. The van der Waals surface area contributed by atoms with E-state index < -0.39 is 10.0 Å². The third kappa shape index (κ3) is 2.24. The highest BCUT2D eigenvalue weighted by Gasteiger charge is 2.11. The van der Waals surface area contributed by atoms with Gasteiger partial charge in [-0.2, -0.15) is 0 Å². The van der Waals surface area contributed by atoms with Crippen LogP contribution in [0.15, 0.2) is 34.3 Å². The monoisotopic (exact) mass is 220 g/mol. The molecule has 1 aromatic rings. The van der Waals surface area contributed by atoms with E-state index in [1.165, 1.54) is 24.3 Å². The summed E-state index contributed by atoms with van der Waals surface area (Å²) in [4.78, 5) is 9.98. The number of hydrogen-bond acceptors (Lipinski definition) is 4. The van der Waals surface area contributed by atoms with Crippen LogP contribution in [0.3, 0.4) is 0 Å². The first kappa shape index (κ1) is 10.1. The average molecular weight is 221 g/mol. The van der Waals surface area contributed by atoms with Gasteiger partial charge in [0.25, 0.3) is 10.0 Å². The number of nitrogens with one attached hydrogen (secondary N) is 1. The summed E-state index contributed by atoms with van der Waals surface area (Å²) in [5.41, 5.74) is 0.161. The third-order valence-corrected chi connectivity index (χ3v) is 3.06. The molecule has 0 aliphatic carbocycles. The topological polar surface area (TPSA) is 75.6 Å². The van der Waals surface area contributed by atoms with Crippen LogP contribution < -0.4 is 4.24 Å². The molecule has 70 valence electrons. The van der Waals surface area contributed by atoms with Gasteiger partial charge in [0.05, 0.1) is 4.90 Å². The highest BCUT2D eigenvalue weighted by Crippen LogP contribution is 2.15. The number of rotatable bonds is 3. The fourth-order valence-corrected chi connectivity index (χ4v) is 1.58. The van der Waals surface area contributed by atoms with Crippen molar-refractivity contribution in [2.75, 3.05) is 0 Å². The lowest BCUT2D eigenvalue weighted by Gasteiger charge is -1.99. The lowest BCUT2D eigenvalue weighted by atomic mass is 10.3. The van der Waals surface area contributed by atoms with Crippen LogP contribution >= 0.6 is 11.8 Å². The predicted molar refractivity (Wildman–Crippen MR) is 48.1 cm³/mol. The summed E-state index contributed by atoms with van der Waals surface area (Å²) in [5, 5.41) is 2.62. The molecule has 0 unspecified atom stereocenters. The number of halogens is 1. The van der Waals surface area contributed by atoms with Gasteiger partial charge in [-0.1, -0.05) is 0 Å². The van der Waals surface area contributed by atoms with Gasteiger partial charge in [-0.3, -0.25) is 0 Å². The average Bonchev–Trinajstić information content (AvgIpc) is 2.18. The van der Waals surface area contributed by atoms with Gasteiger partial charge in [0.1, 0.15) is 5.69 Å². The molecule has 0 radical (unpaired) electrons. The van der Waals surface area contributed by atoms with Crippen LogP contribution in [0, 0.1) is 4.91 Å². The summed E-state index contributed by atoms with van der Waals surface area (Å²) in [6.45, 7) is 0. The summed E-state index contributed by atoms with van der Waals surface area (Å²) in [6, 6.07) is 5.05. The Hall–Kier alpha value is -0.980. The maximum atomic E-state index is 11.0. The van der Waals surface area contributed by atoms with Crippen molar-refractivity contribution < 1.29 is 8.42 Å². The number of benzene rings is 1. The molecule has 0 atom stereocenters. The lowest BCUT2D eigenvalue weighted by Crippen LogP contribution is -2.12. The molecule has 13 heavy (non-hydrogen) atoms. The Kier molecular flexibility index (Phi) is 2.97. The largest absolute Gasteiger partial charge is 0.253 e. The van der Waals surface area contributed by atoms with E-state index in [0.717, 1.165) is 0 Å². The lowest BCUT2D eigenvalue weighted by molar-refractivity contribution is 0.594. The van der Waals surface area contributed by atoms with Crippen LogP contribution in [0.2, 0.25) is 0 Å². The van der Waals surface area contributed by atoms with Crippen LogP contribution in [0.4, 0.5) is 5.69 Å². The van der Waals surface area contributed by atoms with Gasteiger partial charge in [0.2, 0.25) is 0 Å². The molecule has 0 bridgehead atoms. The molecule has 1 rings (SSSR count). The van der Waals surface area contributed by atoms with Gasteiger partial charge < -0.3 is 0 Å². The Morgan fingerprint density at radius 3 is 2.15 bits per heavy atom. The van der Waals surface area contributed by atoms with Crippen molar-refractivity contribution in [2.45, 2.75) is 4.90 Å². The zero-order valence-electron chi connectivity index (χ0n) is 6.27.